The van der Waals surface area contributed by atoms with Crippen LogP contribution in [0.4, 0.5) is 5.82 Å². The molecule has 2 aromatic heterocycles. The van der Waals surface area contributed by atoms with Crippen molar-refractivity contribution in [2.24, 2.45) is 0 Å². The van der Waals surface area contributed by atoms with Crippen LogP contribution in [0.2, 0.25) is 5.15 Å². The molecule has 3 rings (SSSR count). The van der Waals surface area contributed by atoms with Gasteiger partial charge in [-0.25, -0.2) is 4.79 Å². The minimum absolute atomic E-state index is 0.0980. The monoisotopic (exact) mass is 307 g/mol. The number of piperidine rings is 1. The number of ether oxygens (including phenoxy) is 1. The molecule has 0 amide bonds. The summed E-state index contributed by atoms with van der Waals surface area (Å²) < 4.78 is 10.4. The fourth-order valence-electron chi connectivity index (χ4n) is 2.28. The molecule has 0 saturated carbocycles. The van der Waals surface area contributed by atoms with Gasteiger partial charge in [0.15, 0.2) is 11.0 Å². The van der Waals surface area contributed by atoms with Crippen molar-refractivity contribution in [2.75, 3.05) is 18.0 Å². The summed E-state index contributed by atoms with van der Waals surface area (Å²) in [5.41, 5.74) is 0. The van der Waals surface area contributed by atoms with Crippen molar-refractivity contribution < 1.29 is 13.9 Å². The van der Waals surface area contributed by atoms with E-state index in [9.17, 15) is 4.79 Å². The van der Waals surface area contributed by atoms with Crippen LogP contribution in [0.15, 0.2) is 34.9 Å². The molecule has 1 aliphatic rings. The minimum atomic E-state index is -0.412. The van der Waals surface area contributed by atoms with Gasteiger partial charge in [0.05, 0.1) is 6.26 Å². The van der Waals surface area contributed by atoms with Gasteiger partial charge in [0, 0.05) is 25.9 Å². The number of carbonyl (C=O) groups is 1. The second-order valence-electron chi connectivity index (χ2n) is 4.78. The molecule has 0 bridgehead atoms. The summed E-state index contributed by atoms with van der Waals surface area (Å²) in [5, 5.41) is 8.26. The summed E-state index contributed by atoms with van der Waals surface area (Å²) in [5.74, 6) is 0.612. The van der Waals surface area contributed by atoms with Crippen LogP contribution in [0.3, 0.4) is 0 Å². The van der Waals surface area contributed by atoms with Crippen molar-refractivity contribution in [3.63, 3.8) is 0 Å². The number of hydrogen-bond acceptors (Lipinski definition) is 6. The van der Waals surface area contributed by atoms with Crippen molar-refractivity contribution in [3.05, 3.63) is 41.4 Å². The van der Waals surface area contributed by atoms with Crippen LogP contribution >= 0.6 is 11.6 Å². The normalized spacial score (nSPS) is 16.0. The summed E-state index contributed by atoms with van der Waals surface area (Å²) in [7, 11) is 0. The Bertz CT molecular complexity index is 592. The van der Waals surface area contributed by atoms with Gasteiger partial charge in [0.2, 0.25) is 5.76 Å². The zero-order valence-electron chi connectivity index (χ0n) is 11.2. The molecule has 0 N–H and O–H groups in total. The maximum atomic E-state index is 11.8. The lowest BCUT2D eigenvalue weighted by molar-refractivity contribution is 0.0210. The van der Waals surface area contributed by atoms with E-state index in [1.807, 2.05) is 6.07 Å². The molecule has 0 aromatic carbocycles. The van der Waals surface area contributed by atoms with Gasteiger partial charge in [-0.05, 0) is 24.3 Å². The van der Waals surface area contributed by atoms with Crippen LogP contribution in [0.1, 0.15) is 23.4 Å². The molecule has 6 nitrogen and oxygen atoms in total. The van der Waals surface area contributed by atoms with E-state index in [0.29, 0.717) is 5.15 Å². The number of esters is 1. The Morgan fingerprint density at radius 3 is 2.71 bits per heavy atom. The third-order valence-electron chi connectivity index (χ3n) is 3.38. The van der Waals surface area contributed by atoms with E-state index in [-0.39, 0.29) is 11.9 Å². The molecule has 7 heteroatoms. The molecule has 1 aliphatic heterocycles. The number of rotatable bonds is 3. The van der Waals surface area contributed by atoms with Gasteiger partial charge in [0.1, 0.15) is 6.10 Å². The Hall–Kier alpha value is -2.08. The Kier molecular flexibility index (Phi) is 4.06. The van der Waals surface area contributed by atoms with Gasteiger partial charge in [0.25, 0.3) is 0 Å². The van der Waals surface area contributed by atoms with Gasteiger partial charge >= 0.3 is 5.97 Å². The van der Waals surface area contributed by atoms with Gasteiger partial charge in [-0.1, -0.05) is 11.6 Å². The summed E-state index contributed by atoms with van der Waals surface area (Å²) in [6, 6.07) is 6.82. The lowest BCUT2D eigenvalue weighted by Crippen LogP contribution is -2.38. The number of aromatic nitrogens is 2. The van der Waals surface area contributed by atoms with Crippen LogP contribution in [-0.4, -0.2) is 35.4 Å². The summed E-state index contributed by atoms with van der Waals surface area (Å²) in [4.78, 5) is 13.9. The maximum Gasteiger partial charge on any atom is 0.374 e. The SMILES string of the molecule is O=C(OC1CCN(c2ccc(Cl)nn2)CC1)c1ccco1. The Morgan fingerprint density at radius 1 is 1.29 bits per heavy atom. The van der Waals surface area contributed by atoms with Crippen LogP contribution < -0.4 is 4.90 Å². The van der Waals surface area contributed by atoms with Crippen LogP contribution in [-0.2, 0) is 4.74 Å². The molecule has 0 radical (unpaired) electrons. The topological polar surface area (TPSA) is 68.5 Å². The highest BCUT2D eigenvalue weighted by molar-refractivity contribution is 6.29. The molecule has 1 fully saturated rings. The van der Waals surface area contributed by atoms with Crippen LogP contribution in [0.5, 0.6) is 0 Å². The predicted octanol–water partition coefficient (Wildman–Crippen LogP) is 2.55. The van der Waals surface area contributed by atoms with E-state index in [4.69, 9.17) is 20.8 Å². The molecular formula is C14H14ClN3O3. The van der Waals surface area contributed by atoms with Gasteiger partial charge in [-0.2, -0.15) is 0 Å². The third kappa shape index (κ3) is 3.33. The number of halogens is 1. The van der Waals surface area contributed by atoms with E-state index >= 15 is 0 Å². The fraction of sp³-hybridized carbons (Fsp3) is 0.357. The number of carbonyl (C=O) groups excluding carboxylic acids is 1. The molecule has 21 heavy (non-hydrogen) atoms. The van der Waals surface area contributed by atoms with Crippen LogP contribution in [0, 0.1) is 0 Å². The van der Waals surface area contributed by atoms with E-state index in [2.05, 4.69) is 15.1 Å². The van der Waals surface area contributed by atoms with E-state index in [1.165, 1.54) is 6.26 Å². The second kappa shape index (κ2) is 6.13. The fourth-order valence-corrected chi connectivity index (χ4v) is 2.39. The number of anilines is 1. The molecule has 1 saturated heterocycles. The van der Waals surface area contributed by atoms with Gasteiger partial charge in [-0.15, -0.1) is 10.2 Å². The largest absolute Gasteiger partial charge is 0.457 e. The average Bonchev–Trinajstić information content (AvgIpc) is 3.03. The molecule has 0 aliphatic carbocycles. The summed E-state index contributed by atoms with van der Waals surface area (Å²) in [6.07, 6.45) is 2.85. The van der Waals surface area contributed by atoms with Gasteiger partial charge < -0.3 is 14.1 Å². The minimum Gasteiger partial charge on any atom is -0.457 e. The standard InChI is InChI=1S/C14H14ClN3O3/c15-12-3-4-13(17-16-12)18-7-5-10(6-8-18)21-14(19)11-2-1-9-20-11/h1-4,9-10H,5-8H2. The molecular weight excluding hydrogens is 294 g/mol. The van der Waals surface area contributed by atoms with Crippen molar-refractivity contribution >= 4 is 23.4 Å². The first-order valence-electron chi connectivity index (χ1n) is 6.71. The van der Waals surface area contributed by atoms with E-state index < -0.39 is 5.97 Å². The number of nitrogens with zero attached hydrogens (tertiary/aromatic N) is 3. The first kappa shape index (κ1) is 13.9. The summed E-state index contributed by atoms with van der Waals surface area (Å²) in [6.45, 7) is 1.51. The van der Waals surface area contributed by atoms with Crippen molar-refractivity contribution in [3.8, 4) is 0 Å². The molecule has 0 atom stereocenters. The highest BCUT2D eigenvalue weighted by atomic mass is 35.5. The molecule has 110 valence electrons. The van der Waals surface area contributed by atoms with Crippen molar-refractivity contribution in [1.29, 1.82) is 0 Å². The smallest absolute Gasteiger partial charge is 0.374 e. The van der Waals surface area contributed by atoms with Crippen LogP contribution in [0.25, 0.3) is 0 Å². The predicted molar refractivity (Wildman–Crippen MR) is 76.4 cm³/mol. The van der Waals surface area contributed by atoms with E-state index in [0.717, 1.165) is 31.7 Å². The summed E-state index contributed by atoms with van der Waals surface area (Å²) >= 11 is 5.72. The van der Waals surface area contributed by atoms with Crippen molar-refractivity contribution in [1.82, 2.24) is 10.2 Å². The Balaban J connectivity index is 1.53. The first-order valence-corrected chi connectivity index (χ1v) is 7.09. The molecule has 0 unspecified atom stereocenters. The lowest BCUT2D eigenvalue weighted by Gasteiger charge is -2.31. The lowest BCUT2D eigenvalue weighted by atomic mass is 10.1. The molecule has 3 heterocycles. The Labute approximate surface area is 126 Å². The quantitative estimate of drug-likeness (QED) is 0.812. The number of hydrogen-bond donors (Lipinski definition) is 0. The average molecular weight is 308 g/mol. The molecule has 2 aromatic rings. The first-order chi connectivity index (χ1) is 10.2. The zero-order valence-corrected chi connectivity index (χ0v) is 12.0. The second-order valence-corrected chi connectivity index (χ2v) is 5.17. The maximum absolute atomic E-state index is 11.8. The Morgan fingerprint density at radius 2 is 2.10 bits per heavy atom. The highest BCUT2D eigenvalue weighted by Crippen LogP contribution is 2.20. The zero-order chi connectivity index (χ0) is 14.7. The van der Waals surface area contributed by atoms with E-state index in [1.54, 1.807) is 18.2 Å². The van der Waals surface area contributed by atoms with Crippen molar-refractivity contribution in [2.45, 2.75) is 18.9 Å². The van der Waals surface area contributed by atoms with Gasteiger partial charge in [-0.3, -0.25) is 0 Å². The third-order valence-corrected chi connectivity index (χ3v) is 3.58. The highest BCUT2D eigenvalue weighted by Gasteiger charge is 2.24. The number of furan rings is 1. The molecule has 0 spiro atoms.